The zero-order valence-electron chi connectivity index (χ0n) is 36.3. The molecule has 0 amide bonds. The van der Waals surface area contributed by atoms with E-state index < -0.39 is 61.4 Å². The van der Waals surface area contributed by atoms with Crippen molar-refractivity contribution in [3.8, 4) is 0 Å². The number of hydrogen-bond acceptors (Lipinski definition) is 11. The summed E-state index contributed by atoms with van der Waals surface area (Å²) in [5.74, 6) is 0. The molecule has 0 aliphatic carbocycles. The van der Waals surface area contributed by atoms with Gasteiger partial charge in [0.15, 0.2) is 12.6 Å². The van der Waals surface area contributed by atoms with Crippen LogP contribution in [0.3, 0.4) is 0 Å². The SMILES string of the molecule is OC[C@H]1O[C@@H](OC[C@H]2O[C@@H](O)[C@H](OCc3ccccc3)[C@@H](OCc3ccccc3)[C@H]2OCc2ccccc2)[C@H](OCc2ccccc2)[C@@H](OCc2ccccc2)[C@H]1OCc1ccccc1. The highest BCUT2D eigenvalue weighted by atomic mass is 16.7. The predicted molar refractivity (Wildman–Crippen MR) is 243 cm³/mol. The van der Waals surface area contributed by atoms with Gasteiger partial charge in [-0.15, -0.1) is 0 Å². The van der Waals surface area contributed by atoms with Gasteiger partial charge < -0.3 is 52.8 Å². The smallest absolute Gasteiger partial charge is 0.187 e. The topological polar surface area (TPSA) is 124 Å². The molecule has 2 heterocycles. The molecular weight excluding hydrogens is 825 g/mol. The lowest BCUT2D eigenvalue weighted by Crippen LogP contribution is -2.63. The Balaban J connectivity index is 1.09. The maximum atomic E-state index is 11.8. The Morgan fingerprint density at radius 1 is 0.323 bits per heavy atom. The Hall–Kier alpha value is -5.12. The average molecular weight is 883 g/mol. The molecule has 11 heteroatoms. The molecule has 0 saturated carbocycles. The van der Waals surface area contributed by atoms with Gasteiger partial charge in [-0.05, 0) is 33.4 Å². The number of aliphatic hydroxyl groups is 2. The van der Waals surface area contributed by atoms with Crippen LogP contribution >= 0.6 is 0 Å². The molecule has 0 bridgehead atoms. The van der Waals surface area contributed by atoms with Crippen LogP contribution in [0.5, 0.6) is 0 Å². The quantitative estimate of drug-likeness (QED) is 0.0691. The van der Waals surface area contributed by atoms with Crippen LogP contribution in [0.15, 0.2) is 182 Å². The van der Waals surface area contributed by atoms with Crippen molar-refractivity contribution >= 4 is 0 Å². The molecule has 2 N–H and O–H groups in total. The number of aliphatic hydroxyl groups excluding tert-OH is 2. The molecule has 340 valence electrons. The first-order chi connectivity index (χ1) is 32.1. The number of benzene rings is 6. The molecule has 0 radical (unpaired) electrons. The summed E-state index contributed by atoms with van der Waals surface area (Å²) in [6.07, 6.45) is -9.14. The minimum Gasteiger partial charge on any atom is -0.394 e. The predicted octanol–water partition coefficient (Wildman–Crippen LogP) is 7.95. The largest absolute Gasteiger partial charge is 0.394 e. The van der Waals surface area contributed by atoms with Gasteiger partial charge in [-0.3, -0.25) is 0 Å². The van der Waals surface area contributed by atoms with Crippen LogP contribution in [-0.2, 0) is 82.3 Å². The van der Waals surface area contributed by atoms with Crippen LogP contribution in [0.25, 0.3) is 0 Å². The van der Waals surface area contributed by atoms with Crippen LogP contribution in [0, 0.1) is 0 Å². The van der Waals surface area contributed by atoms with Gasteiger partial charge in [-0.1, -0.05) is 182 Å². The third-order valence-electron chi connectivity index (χ3n) is 11.5. The summed E-state index contributed by atoms with van der Waals surface area (Å²) < 4.78 is 59.8. The van der Waals surface area contributed by atoms with Gasteiger partial charge >= 0.3 is 0 Å². The third kappa shape index (κ3) is 13.3. The molecule has 8 rings (SSSR count). The fourth-order valence-electron chi connectivity index (χ4n) is 8.11. The molecule has 2 aliphatic heterocycles. The molecule has 65 heavy (non-hydrogen) atoms. The first kappa shape index (κ1) is 46.4. The molecule has 0 unspecified atom stereocenters. The molecule has 6 aromatic rings. The number of rotatable bonds is 22. The summed E-state index contributed by atoms with van der Waals surface area (Å²) in [4.78, 5) is 0. The van der Waals surface area contributed by atoms with E-state index in [1.54, 1.807) is 0 Å². The Bertz CT molecular complexity index is 2210. The van der Waals surface area contributed by atoms with Gasteiger partial charge in [-0.2, -0.15) is 0 Å². The van der Waals surface area contributed by atoms with Crippen LogP contribution in [0.2, 0.25) is 0 Å². The van der Waals surface area contributed by atoms with Gasteiger partial charge in [-0.25, -0.2) is 0 Å². The standard InChI is InChI=1S/C54H58O11/c55-31-45-47(57-32-39-19-7-1-8-20-39)50(60-35-42-25-13-4-14-26-42)52(62-37-44-29-17-6-18-30-44)54(65-45)63-38-46-48(58-33-40-21-9-2-10-22-40)49(59-34-41-23-11-3-12-24-41)51(53(56)64-46)61-36-43-27-15-5-16-28-43/h1-30,45-56H,31-38H2/t45-,46-,47+,48+,49+,50+,51-,52-,53-,54-/m1/s1. The van der Waals surface area contributed by atoms with E-state index in [0.29, 0.717) is 0 Å². The summed E-state index contributed by atoms with van der Waals surface area (Å²) in [6, 6.07) is 58.9. The van der Waals surface area contributed by atoms with Gasteiger partial charge in [0.2, 0.25) is 0 Å². The first-order valence-corrected chi connectivity index (χ1v) is 22.3. The molecular formula is C54H58O11. The second-order valence-electron chi connectivity index (χ2n) is 16.2. The molecule has 2 aliphatic rings. The van der Waals surface area contributed by atoms with Gasteiger partial charge in [0.1, 0.15) is 48.8 Å². The molecule has 11 nitrogen and oxygen atoms in total. The lowest BCUT2D eigenvalue weighted by Gasteiger charge is -2.47. The lowest BCUT2D eigenvalue weighted by atomic mass is 9.97. The Labute approximate surface area is 381 Å². The average Bonchev–Trinajstić information content (AvgIpc) is 3.36. The molecule has 2 fully saturated rings. The Morgan fingerprint density at radius 2 is 0.615 bits per heavy atom. The molecule has 2 saturated heterocycles. The Kier molecular flexibility index (Phi) is 17.4. The van der Waals surface area contributed by atoms with Crippen molar-refractivity contribution in [1.82, 2.24) is 0 Å². The summed E-state index contributed by atoms with van der Waals surface area (Å²) in [5, 5.41) is 22.7. The molecule has 0 spiro atoms. The second kappa shape index (κ2) is 24.4. The van der Waals surface area contributed by atoms with E-state index in [1.165, 1.54) is 0 Å². The van der Waals surface area contributed by atoms with Gasteiger partial charge in [0, 0.05) is 0 Å². The van der Waals surface area contributed by atoms with Crippen molar-refractivity contribution in [3.63, 3.8) is 0 Å². The maximum Gasteiger partial charge on any atom is 0.187 e. The van der Waals surface area contributed by atoms with E-state index in [-0.39, 0.29) is 52.9 Å². The van der Waals surface area contributed by atoms with Crippen molar-refractivity contribution in [2.75, 3.05) is 13.2 Å². The lowest BCUT2D eigenvalue weighted by molar-refractivity contribution is -0.348. The minimum atomic E-state index is -1.41. The summed E-state index contributed by atoms with van der Waals surface area (Å²) >= 11 is 0. The van der Waals surface area contributed by atoms with Crippen LogP contribution in [0.1, 0.15) is 33.4 Å². The fourth-order valence-corrected chi connectivity index (χ4v) is 8.11. The highest BCUT2D eigenvalue weighted by Gasteiger charge is 2.51. The van der Waals surface area contributed by atoms with E-state index in [1.807, 2.05) is 182 Å². The fraction of sp³-hybridized carbons (Fsp3) is 0.333. The summed E-state index contributed by atoms with van der Waals surface area (Å²) in [7, 11) is 0. The molecule has 0 aromatic heterocycles. The normalized spacial score (nSPS) is 25.6. The Morgan fingerprint density at radius 3 is 0.969 bits per heavy atom. The summed E-state index contributed by atoms with van der Waals surface area (Å²) in [5.41, 5.74) is 5.66. The van der Waals surface area contributed by atoms with Crippen molar-refractivity contribution in [2.24, 2.45) is 0 Å². The highest BCUT2D eigenvalue weighted by Crippen LogP contribution is 2.34. The van der Waals surface area contributed by atoms with Crippen molar-refractivity contribution in [2.45, 2.75) is 101 Å². The first-order valence-electron chi connectivity index (χ1n) is 22.3. The van der Waals surface area contributed by atoms with E-state index >= 15 is 0 Å². The third-order valence-corrected chi connectivity index (χ3v) is 11.5. The molecule has 10 atom stereocenters. The van der Waals surface area contributed by atoms with Crippen LogP contribution in [-0.4, -0.2) is 84.8 Å². The van der Waals surface area contributed by atoms with Crippen molar-refractivity contribution in [1.29, 1.82) is 0 Å². The number of hydrogen-bond donors (Lipinski definition) is 2. The minimum absolute atomic E-state index is 0.123. The second-order valence-corrected chi connectivity index (χ2v) is 16.2. The van der Waals surface area contributed by atoms with Crippen molar-refractivity contribution < 1.29 is 52.8 Å². The van der Waals surface area contributed by atoms with E-state index in [4.69, 9.17) is 42.6 Å². The van der Waals surface area contributed by atoms with Crippen LogP contribution in [0.4, 0.5) is 0 Å². The van der Waals surface area contributed by atoms with E-state index in [0.717, 1.165) is 33.4 Å². The van der Waals surface area contributed by atoms with Crippen molar-refractivity contribution in [3.05, 3.63) is 215 Å². The van der Waals surface area contributed by atoms with E-state index in [9.17, 15) is 10.2 Å². The zero-order chi connectivity index (χ0) is 44.5. The monoisotopic (exact) mass is 882 g/mol. The zero-order valence-corrected chi connectivity index (χ0v) is 36.3. The molecule has 6 aromatic carbocycles. The van der Waals surface area contributed by atoms with E-state index in [2.05, 4.69) is 0 Å². The maximum absolute atomic E-state index is 11.8. The van der Waals surface area contributed by atoms with Gasteiger partial charge in [0.25, 0.3) is 0 Å². The highest BCUT2D eigenvalue weighted by molar-refractivity contribution is 5.18. The number of ether oxygens (including phenoxy) is 9. The van der Waals surface area contributed by atoms with Gasteiger partial charge in [0.05, 0.1) is 52.9 Å². The summed E-state index contributed by atoms with van der Waals surface area (Å²) in [6.45, 7) is 0.863. The van der Waals surface area contributed by atoms with Crippen LogP contribution < -0.4 is 0 Å².